The van der Waals surface area contributed by atoms with Gasteiger partial charge in [-0.2, -0.15) is 18.3 Å². The number of nitrogens with zero attached hydrogens (tertiary/aromatic N) is 3. The first-order valence-electron chi connectivity index (χ1n) is 9.39. The summed E-state index contributed by atoms with van der Waals surface area (Å²) in [6.45, 7) is 4.50. The topological polar surface area (TPSA) is 93.5 Å². The Morgan fingerprint density at radius 1 is 1.29 bits per heavy atom. The largest absolute Gasteiger partial charge is 0.452 e. The highest BCUT2D eigenvalue weighted by atomic mass is 19.4. The first kappa shape index (κ1) is 22.3. The Morgan fingerprint density at radius 2 is 1.97 bits per heavy atom. The van der Waals surface area contributed by atoms with Crippen molar-refractivity contribution >= 4 is 29.2 Å². The van der Waals surface area contributed by atoms with Gasteiger partial charge in [-0.25, -0.2) is 0 Å². The summed E-state index contributed by atoms with van der Waals surface area (Å²) >= 11 is 0. The van der Waals surface area contributed by atoms with Crippen LogP contribution in [0.2, 0.25) is 0 Å². The maximum atomic E-state index is 13.0. The Bertz CT molecular complexity index is 1060. The number of alkyl halides is 3. The highest BCUT2D eigenvalue weighted by Gasteiger charge is 2.35. The molecule has 0 saturated carbocycles. The van der Waals surface area contributed by atoms with E-state index in [0.717, 1.165) is 28.8 Å². The predicted molar refractivity (Wildman–Crippen MR) is 104 cm³/mol. The molecule has 31 heavy (non-hydrogen) atoms. The van der Waals surface area contributed by atoms with Crippen LogP contribution in [-0.2, 0) is 38.8 Å². The molecular weight excluding hydrogens is 417 g/mol. The van der Waals surface area contributed by atoms with E-state index in [1.807, 2.05) is 0 Å². The number of aryl methyl sites for hydroxylation is 2. The maximum Gasteiger partial charge on any atom is 0.416 e. The number of rotatable bonds is 4. The van der Waals surface area contributed by atoms with Crippen LogP contribution in [0.25, 0.3) is 0 Å². The zero-order valence-electron chi connectivity index (χ0n) is 17.3. The summed E-state index contributed by atoms with van der Waals surface area (Å²) in [5.41, 5.74) is 1.14. The molecule has 0 saturated heterocycles. The van der Waals surface area contributed by atoms with Crippen molar-refractivity contribution in [2.45, 2.75) is 39.5 Å². The van der Waals surface area contributed by atoms with Gasteiger partial charge in [-0.3, -0.25) is 24.0 Å². The lowest BCUT2D eigenvalue weighted by Gasteiger charge is -2.31. The van der Waals surface area contributed by atoms with Gasteiger partial charge in [0.15, 0.2) is 6.10 Å². The molecule has 166 valence electrons. The molecule has 1 aliphatic rings. The third kappa shape index (κ3) is 4.54. The van der Waals surface area contributed by atoms with Gasteiger partial charge in [0.2, 0.25) is 5.91 Å². The minimum atomic E-state index is -4.60. The zero-order valence-corrected chi connectivity index (χ0v) is 17.3. The number of amides is 2. The summed E-state index contributed by atoms with van der Waals surface area (Å²) in [5.74, 6) is -2.03. The van der Waals surface area contributed by atoms with E-state index >= 15 is 0 Å². The highest BCUT2D eigenvalue weighted by Crippen LogP contribution is 2.37. The van der Waals surface area contributed by atoms with Crippen LogP contribution >= 0.6 is 0 Å². The van der Waals surface area contributed by atoms with E-state index in [2.05, 4.69) is 10.4 Å². The summed E-state index contributed by atoms with van der Waals surface area (Å²) in [7, 11) is 1.74. The van der Waals surface area contributed by atoms with E-state index in [1.54, 1.807) is 25.6 Å². The SMILES string of the molecule is Cc1nn(C)c(C)c1CC(=O)OC(C)C(=O)N1CC(=O)Nc2cc(C(F)(F)F)ccc21. The highest BCUT2D eigenvalue weighted by molar-refractivity contribution is 6.11. The summed E-state index contributed by atoms with van der Waals surface area (Å²) in [5, 5.41) is 6.55. The first-order chi connectivity index (χ1) is 14.4. The quantitative estimate of drug-likeness (QED) is 0.741. The van der Waals surface area contributed by atoms with Crippen LogP contribution < -0.4 is 10.2 Å². The number of hydrogen-bond donors (Lipinski definition) is 1. The van der Waals surface area contributed by atoms with Crippen LogP contribution in [0.3, 0.4) is 0 Å². The average molecular weight is 438 g/mol. The van der Waals surface area contributed by atoms with Crippen LogP contribution in [0, 0.1) is 13.8 Å². The van der Waals surface area contributed by atoms with E-state index in [-0.39, 0.29) is 17.8 Å². The van der Waals surface area contributed by atoms with Crippen molar-refractivity contribution < 1.29 is 32.3 Å². The average Bonchev–Trinajstić information content (AvgIpc) is 2.91. The molecule has 1 N–H and O–H groups in total. The summed E-state index contributed by atoms with van der Waals surface area (Å²) in [6.07, 6.45) is -5.93. The van der Waals surface area contributed by atoms with Gasteiger partial charge in [-0.15, -0.1) is 0 Å². The van der Waals surface area contributed by atoms with Gasteiger partial charge in [0, 0.05) is 18.3 Å². The Kier molecular flexibility index (Phi) is 5.79. The number of anilines is 2. The Labute approximate surface area is 176 Å². The molecule has 0 bridgehead atoms. The lowest BCUT2D eigenvalue weighted by molar-refractivity contribution is -0.153. The van der Waals surface area contributed by atoms with Gasteiger partial charge < -0.3 is 10.1 Å². The number of fused-ring (bicyclic) bond motifs is 1. The molecule has 2 aromatic rings. The van der Waals surface area contributed by atoms with E-state index in [0.29, 0.717) is 11.3 Å². The number of benzene rings is 1. The van der Waals surface area contributed by atoms with Crippen LogP contribution in [0.4, 0.5) is 24.5 Å². The molecule has 3 rings (SSSR count). The first-order valence-corrected chi connectivity index (χ1v) is 9.39. The third-order valence-electron chi connectivity index (χ3n) is 5.09. The van der Waals surface area contributed by atoms with Gasteiger partial charge in [-0.1, -0.05) is 0 Å². The number of esters is 1. The fraction of sp³-hybridized carbons (Fsp3) is 0.400. The molecule has 0 fully saturated rings. The Balaban J connectivity index is 1.76. The molecule has 8 nitrogen and oxygen atoms in total. The van der Waals surface area contributed by atoms with Crippen molar-refractivity contribution in [1.82, 2.24) is 9.78 Å². The van der Waals surface area contributed by atoms with Crippen molar-refractivity contribution in [2.75, 3.05) is 16.8 Å². The third-order valence-corrected chi connectivity index (χ3v) is 5.09. The summed E-state index contributed by atoms with van der Waals surface area (Å²) in [6, 6.07) is 2.69. The van der Waals surface area contributed by atoms with Crippen molar-refractivity contribution in [3.05, 3.63) is 40.7 Å². The maximum absolute atomic E-state index is 13.0. The minimum absolute atomic E-state index is 0.0882. The van der Waals surface area contributed by atoms with Crippen LogP contribution in [0.5, 0.6) is 0 Å². The van der Waals surface area contributed by atoms with Crippen molar-refractivity contribution in [3.63, 3.8) is 0 Å². The fourth-order valence-electron chi connectivity index (χ4n) is 3.39. The molecule has 0 aliphatic carbocycles. The van der Waals surface area contributed by atoms with Gasteiger partial charge in [0.25, 0.3) is 5.91 Å². The zero-order chi connectivity index (χ0) is 23.1. The number of nitrogens with one attached hydrogen (secondary N) is 1. The van der Waals surface area contributed by atoms with Gasteiger partial charge in [0.05, 0.1) is 29.1 Å². The van der Waals surface area contributed by atoms with Gasteiger partial charge in [-0.05, 0) is 39.0 Å². The standard InChI is InChI=1S/C20H21F3N4O4/c1-10-14(11(2)26(4)25-10)8-18(29)31-12(3)19(30)27-9-17(28)24-15-7-13(20(21,22)23)5-6-16(15)27/h5-7,12H,8-9H2,1-4H3,(H,24,28). The van der Waals surface area contributed by atoms with E-state index in [1.165, 1.54) is 6.92 Å². The normalized spacial score (nSPS) is 14.7. The second-order valence-electron chi connectivity index (χ2n) is 7.28. The molecular formula is C20H21F3N4O4. The number of hydrogen-bond acceptors (Lipinski definition) is 5. The molecule has 0 radical (unpaired) electrons. The predicted octanol–water partition coefficient (Wildman–Crippen LogP) is 2.52. The Morgan fingerprint density at radius 3 is 2.55 bits per heavy atom. The van der Waals surface area contributed by atoms with Crippen LogP contribution in [-0.4, -0.2) is 40.2 Å². The van der Waals surface area contributed by atoms with E-state index in [4.69, 9.17) is 4.74 Å². The number of aromatic nitrogens is 2. The second kappa shape index (κ2) is 8.05. The molecule has 0 spiro atoms. The lowest BCUT2D eigenvalue weighted by atomic mass is 10.1. The fourth-order valence-corrected chi connectivity index (χ4v) is 3.39. The second-order valence-corrected chi connectivity index (χ2v) is 7.28. The minimum Gasteiger partial charge on any atom is -0.452 e. The summed E-state index contributed by atoms with van der Waals surface area (Å²) in [4.78, 5) is 38.2. The molecule has 11 heteroatoms. The molecule has 2 amide bonds. The molecule has 1 aromatic carbocycles. The van der Waals surface area contributed by atoms with E-state index in [9.17, 15) is 27.6 Å². The number of carbonyl (C=O) groups is 3. The van der Waals surface area contributed by atoms with Gasteiger partial charge >= 0.3 is 12.1 Å². The van der Waals surface area contributed by atoms with E-state index < -0.39 is 42.2 Å². The molecule has 2 heterocycles. The molecule has 1 aromatic heterocycles. The molecule has 1 unspecified atom stereocenters. The summed E-state index contributed by atoms with van der Waals surface area (Å²) < 4.78 is 45.8. The number of halogens is 3. The molecule has 1 atom stereocenters. The van der Waals surface area contributed by atoms with Crippen LogP contribution in [0.1, 0.15) is 29.4 Å². The smallest absolute Gasteiger partial charge is 0.416 e. The monoisotopic (exact) mass is 438 g/mol. The van der Waals surface area contributed by atoms with Crippen molar-refractivity contribution in [3.8, 4) is 0 Å². The van der Waals surface area contributed by atoms with Crippen molar-refractivity contribution in [1.29, 1.82) is 0 Å². The van der Waals surface area contributed by atoms with Gasteiger partial charge in [0.1, 0.15) is 6.54 Å². The lowest BCUT2D eigenvalue weighted by Crippen LogP contribution is -2.47. The Hall–Kier alpha value is -3.37. The molecule has 1 aliphatic heterocycles. The van der Waals surface area contributed by atoms with Crippen molar-refractivity contribution in [2.24, 2.45) is 7.05 Å². The number of carbonyl (C=O) groups excluding carboxylic acids is 3. The van der Waals surface area contributed by atoms with Crippen LogP contribution in [0.15, 0.2) is 18.2 Å². The number of ether oxygens (including phenoxy) is 1.